The smallest absolute Gasteiger partial charge is 0.00180 e. The van der Waals surface area contributed by atoms with E-state index >= 15 is 0 Å². The van der Waals surface area contributed by atoms with Crippen LogP contribution in [0.1, 0.15) is 51.9 Å². The summed E-state index contributed by atoms with van der Waals surface area (Å²) in [5.74, 6) is 2.87. The molecule has 17 heavy (non-hydrogen) atoms. The lowest BCUT2D eigenvalue weighted by molar-refractivity contribution is 0.261. The zero-order chi connectivity index (χ0) is 11.9. The van der Waals surface area contributed by atoms with Crippen LogP contribution in [0.2, 0.25) is 0 Å². The van der Waals surface area contributed by atoms with Gasteiger partial charge in [0.2, 0.25) is 0 Å². The zero-order valence-corrected chi connectivity index (χ0v) is 11.5. The van der Waals surface area contributed by atoms with Crippen molar-refractivity contribution in [3.8, 4) is 0 Å². The largest absolute Gasteiger partial charge is 0.317 e. The van der Waals surface area contributed by atoms with E-state index in [9.17, 15) is 0 Å². The van der Waals surface area contributed by atoms with Crippen LogP contribution in [-0.2, 0) is 0 Å². The monoisotopic (exact) mass is 238 g/mol. The summed E-state index contributed by atoms with van der Waals surface area (Å²) < 4.78 is 0. The number of piperidine rings is 1. The first kappa shape index (κ1) is 13.4. The summed E-state index contributed by atoms with van der Waals surface area (Å²) in [6.07, 6.45) is 10.1. The molecule has 0 spiro atoms. The second kappa shape index (κ2) is 7.38. The van der Waals surface area contributed by atoms with Crippen LogP contribution in [0.25, 0.3) is 0 Å². The Kier molecular flexibility index (Phi) is 5.79. The Morgan fingerprint density at radius 2 is 2.06 bits per heavy atom. The highest BCUT2D eigenvalue weighted by molar-refractivity contribution is 4.75. The van der Waals surface area contributed by atoms with Crippen molar-refractivity contribution in [3.63, 3.8) is 0 Å². The minimum atomic E-state index is 0.888. The van der Waals surface area contributed by atoms with Gasteiger partial charge in [-0.3, -0.25) is 0 Å². The van der Waals surface area contributed by atoms with Gasteiger partial charge in [-0.25, -0.2) is 0 Å². The Labute approximate surface area is 107 Å². The van der Waals surface area contributed by atoms with Gasteiger partial charge in [0, 0.05) is 0 Å². The van der Waals surface area contributed by atoms with Gasteiger partial charge >= 0.3 is 0 Å². The van der Waals surface area contributed by atoms with Crippen LogP contribution in [0.3, 0.4) is 0 Å². The molecule has 2 rings (SSSR count). The number of hydrogen-bond donors (Lipinski definition) is 2. The van der Waals surface area contributed by atoms with Crippen molar-refractivity contribution in [2.75, 3.05) is 26.2 Å². The first-order valence-electron chi connectivity index (χ1n) is 7.77. The Morgan fingerprint density at radius 1 is 1.18 bits per heavy atom. The Hall–Kier alpha value is -0.0800. The normalized spacial score (nSPS) is 27.7. The van der Waals surface area contributed by atoms with Crippen molar-refractivity contribution in [1.29, 1.82) is 0 Å². The summed E-state index contributed by atoms with van der Waals surface area (Å²) in [7, 11) is 0. The van der Waals surface area contributed by atoms with Crippen LogP contribution in [0, 0.1) is 17.8 Å². The van der Waals surface area contributed by atoms with Gasteiger partial charge < -0.3 is 10.6 Å². The van der Waals surface area contributed by atoms with Crippen molar-refractivity contribution >= 4 is 0 Å². The second-order valence-corrected chi connectivity index (χ2v) is 6.21. The molecule has 1 heterocycles. The SMILES string of the molecule is CC(CCNCCC1CCC1)C1CCCNC1. The van der Waals surface area contributed by atoms with E-state index in [-0.39, 0.29) is 0 Å². The van der Waals surface area contributed by atoms with Gasteiger partial charge in [-0.2, -0.15) is 0 Å². The molecule has 2 unspecified atom stereocenters. The third-order valence-electron chi connectivity index (χ3n) is 4.87. The topological polar surface area (TPSA) is 24.1 Å². The van der Waals surface area contributed by atoms with Crippen LogP contribution in [0.15, 0.2) is 0 Å². The molecule has 0 radical (unpaired) electrons. The van der Waals surface area contributed by atoms with Gasteiger partial charge in [-0.15, -0.1) is 0 Å². The molecule has 2 nitrogen and oxygen atoms in total. The molecule has 2 atom stereocenters. The predicted molar refractivity (Wildman–Crippen MR) is 74.2 cm³/mol. The molecule has 2 fully saturated rings. The first-order chi connectivity index (χ1) is 8.36. The summed E-state index contributed by atoms with van der Waals surface area (Å²) in [6, 6.07) is 0. The molecular formula is C15H30N2. The van der Waals surface area contributed by atoms with Crippen molar-refractivity contribution in [3.05, 3.63) is 0 Å². The van der Waals surface area contributed by atoms with Gasteiger partial charge in [0.1, 0.15) is 0 Å². The molecule has 2 aliphatic rings. The summed E-state index contributed by atoms with van der Waals surface area (Å²) in [5.41, 5.74) is 0. The van der Waals surface area contributed by atoms with Gasteiger partial charge in [0.25, 0.3) is 0 Å². The third kappa shape index (κ3) is 4.59. The van der Waals surface area contributed by atoms with Gasteiger partial charge in [-0.1, -0.05) is 26.2 Å². The highest BCUT2D eigenvalue weighted by Crippen LogP contribution is 2.28. The Balaban J connectivity index is 1.45. The van der Waals surface area contributed by atoms with Crippen LogP contribution in [-0.4, -0.2) is 26.2 Å². The van der Waals surface area contributed by atoms with Crippen LogP contribution in [0.5, 0.6) is 0 Å². The molecule has 1 aliphatic carbocycles. The zero-order valence-electron chi connectivity index (χ0n) is 11.5. The fourth-order valence-electron chi connectivity index (χ4n) is 3.14. The van der Waals surface area contributed by atoms with E-state index in [2.05, 4.69) is 17.6 Å². The molecule has 0 bridgehead atoms. The van der Waals surface area contributed by atoms with Crippen LogP contribution < -0.4 is 10.6 Å². The van der Waals surface area contributed by atoms with E-state index in [0.717, 1.165) is 17.8 Å². The molecule has 0 aromatic carbocycles. The fraction of sp³-hybridized carbons (Fsp3) is 1.00. The minimum Gasteiger partial charge on any atom is -0.317 e. The Morgan fingerprint density at radius 3 is 2.71 bits per heavy atom. The van der Waals surface area contributed by atoms with Crippen molar-refractivity contribution in [1.82, 2.24) is 10.6 Å². The summed E-state index contributed by atoms with van der Waals surface area (Å²) >= 11 is 0. The molecule has 100 valence electrons. The molecular weight excluding hydrogens is 208 g/mol. The standard InChI is InChI=1S/C15H30N2/c1-13(15-6-3-9-17-12-15)7-10-16-11-8-14-4-2-5-14/h13-17H,2-12H2,1H3. The summed E-state index contributed by atoms with van der Waals surface area (Å²) in [5, 5.41) is 7.16. The second-order valence-electron chi connectivity index (χ2n) is 6.21. The lowest BCUT2D eigenvalue weighted by Crippen LogP contribution is -2.34. The number of rotatable bonds is 7. The maximum atomic E-state index is 3.63. The molecule has 1 saturated heterocycles. The lowest BCUT2D eigenvalue weighted by atomic mass is 9.83. The average Bonchev–Trinajstić information content (AvgIpc) is 2.32. The van der Waals surface area contributed by atoms with Crippen molar-refractivity contribution in [2.45, 2.75) is 51.9 Å². The maximum Gasteiger partial charge on any atom is -0.00180 e. The number of hydrogen-bond acceptors (Lipinski definition) is 2. The summed E-state index contributed by atoms with van der Waals surface area (Å²) in [4.78, 5) is 0. The molecule has 0 aromatic rings. The maximum absolute atomic E-state index is 3.63. The molecule has 0 aromatic heterocycles. The molecule has 1 saturated carbocycles. The molecule has 0 amide bonds. The minimum absolute atomic E-state index is 0.888. The predicted octanol–water partition coefficient (Wildman–Crippen LogP) is 2.79. The molecule has 2 heteroatoms. The van der Waals surface area contributed by atoms with E-state index in [4.69, 9.17) is 0 Å². The van der Waals surface area contributed by atoms with Gasteiger partial charge in [0.15, 0.2) is 0 Å². The van der Waals surface area contributed by atoms with Crippen molar-refractivity contribution < 1.29 is 0 Å². The molecule has 1 aliphatic heterocycles. The summed E-state index contributed by atoms with van der Waals surface area (Å²) in [6.45, 7) is 7.40. The quantitative estimate of drug-likeness (QED) is 0.667. The Bertz CT molecular complexity index is 195. The number of nitrogens with one attached hydrogen (secondary N) is 2. The lowest BCUT2D eigenvalue weighted by Gasteiger charge is -2.28. The highest BCUT2D eigenvalue weighted by Gasteiger charge is 2.19. The fourth-order valence-corrected chi connectivity index (χ4v) is 3.14. The highest BCUT2D eigenvalue weighted by atomic mass is 14.9. The van der Waals surface area contributed by atoms with E-state index in [0.29, 0.717) is 0 Å². The van der Waals surface area contributed by atoms with E-state index in [1.54, 1.807) is 0 Å². The van der Waals surface area contributed by atoms with Gasteiger partial charge in [0.05, 0.1) is 0 Å². The van der Waals surface area contributed by atoms with Crippen LogP contribution >= 0.6 is 0 Å². The van der Waals surface area contributed by atoms with E-state index in [1.165, 1.54) is 71.1 Å². The van der Waals surface area contributed by atoms with E-state index < -0.39 is 0 Å². The first-order valence-corrected chi connectivity index (χ1v) is 7.77. The molecule has 2 N–H and O–H groups in total. The average molecular weight is 238 g/mol. The van der Waals surface area contributed by atoms with Crippen LogP contribution in [0.4, 0.5) is 0 Å². The third-order valence-corrected chi connectivity index (χ3v) is 4.87. The van der Waals surface area contributed by atoms with E-state index in [1.807, 2.05) is 0 Å². The van der Waals surface area contributed by atoms with Crippen molar-refractivity contribution in [2.24, 2.45) is 17.8 Å². The van der Waals surface area contributed by atoms with Gasteiger partial charge in [-0.05, 0) is 69.6 Å².